The topological polar surface area (TPSA) is 26.3 Å². The van der Waals surface area contributed by atoms with E-state index in [-0.39, 0.29) is 11.5 Å². The van der Waals surface area contributed by atoms with Crippen molar-refractivity contribution in [2.75, 3.05) is 0 Å². The Hall–Kier alpha value is -0.370. The maximum absolute atomic E-state index is 11.9. The summed E-state index contributed by atoms with van der Waals surface area (Å²) in [5.41, 5.74) is -0.0306. The molecule has 0 N–H and O–H groups in total. The molecule has 96 valence electrons. The number of rotatable bonds is 2. The quantitative estimate of drug-likeness (QED) is 0.733. The highest BCUT2D eigenvalue weighted by atomic mass is 16.5. The summed E-state index contributed by atoms with van der Waals surface area (Å²) in [6.07, 6.45) is 11.2. The van der Waals surface area contributed by atoms with Crippen molar-refractivity contribution in [3.63, 3.8) is 0 Å². The molecule has 0 amide bonds. The summed E-state index contributed by atoms with van der Waals surface area (Å²) < 4.78 is 6.33. The molecule has 17 heavy (non-hydrogen) atoms. The van der Waals surface area contributed by atoms with Crippen LogP contribution in [-0.4, -0.2) is 18.0 Å². The number of hydrogen-bond donors (Lipinski definition) is 0. The molecule has 2 nitrogen and oxygen atoms in total. The van der Waals surface area contributed by atoms with Gasteiger partial charge in [-0.3, -0.25) is 4.79 Å². The zero-order valence-corrected chi connectivity index (χ0v) is 10.9. The minimum Gasteiger partial charge on any atom is -0.373 e. The van der Waals surface area contributed by atoms with Crippen molar-refractivity contribution in [2.24, 2.45) is 11.3 Å². The van der Waals surface area contributed by atoms with Crippen molar-refractivity contribution in [1.82, 2.24) is 0 Å². The van der Waals surface area contributed by atoms with Gasteiger partial charge in [0.25, 0.3) is 0 Å². The van der Waals surface area contributed by atoms with E-state index in [0.29, 0.717) is 24.2 Å². The summed E-state index contributed by atoms with van der Waals surface area (Å²) in [7, 11) is 0. The highest BCUT2D eigenvalue weighted by molar-refractivity contribution is 5.92. The summed E-state index contributed by atoms with van der Waals surface area (Å²) in [5.74, 6) is 1.18. The van der Waals surface area contributed by atoms with E-state index in [0.717, 1.165) is 12.8 Å². The average molecular weight is 236 g/mol. The molecule has 0 heterocycles. The molecule has 0 aromatic heterocycles. The highest BCUT2D eigenvalue weighted by Crippen LogP contribution is 2.52. The first kappa shape index (κ1) is 11.7. The molecule has 0 aliphatic heterocycles. The maximum Gasteiger partial charge on any atom is 0.144 e. The van der Waals surface area contributed by atoms with Crippen LogP contribution in [0.5, 0.6) is 0 Å². The maximum atomic E-state index is 11.9. The molecule has 3 fully saturated rings. The van der Waals surface area contributed by atoms with Crippen molar-refractivity contribution < 1.29 is 9.53 Å². The van der Waals surface area contributed by atoms with Gasteiger partial charge in [0.1, 0.15) is 5.78 Å². The van der Waals surface area contributed by atoms with Crippen LogP contribution in [0.3, 0.4) is 0 Å². The van der Waals surface area contributed by atoms with Gasteiger partial charge < -0.3 is 4.74 Å². The molecule has 3 unspecified atom stereocenters. The lowest BCUT2D eigenvalue weighted by atomic mass is 9.63. The van der Waals surface area contributed by atoms with Crippen molar-refractivity contribution in [3.05, 3.63) is 0 Å². The lowest BCUT2D eigenvalue weighted by Gasteiger charge is -2.47. The standard InChI is InChI=1S/C15H24O2/c1-11-6-2-3-7-12(11)17-14-10-13(16)15(14)8-4-5-9-15/h11-12,14H,2-10H2,1H3. The second-order valence-electron chi connectivity index (χ2n) is 6.42. The molecule has 3 saturated carbocycles. The lowest BCUT2D eigenvalue weighted by Crippen LogP contribution is -2.55. The zero-order chi connectivity index (χ0) is 11.9. The smallest absolute Gasteiger partial charge is 0.144 e. The van der Waals surface area contributed by atoms with Crippen molar-refractivity contribution >= 4 is 5.78 Å². The fraction of sp³-hybridized carbons (Fsp3) is 0.933. The molecule has 0 aromatic carbocycles. The number of ether oxygens (including phenoxy) is 1. The van der Waals surface area contributed by atoms with Gasteiger partial charge in [0.15, 0.2) is 0 Å². The molecular formula is C15H24O2. The second-order valence-corrected chi connectivity index (χ2v) is 6.42. The first-order chi connectivity index (χ1) is 8.22. The van der Waals surface area contributed by atoms with Crippen LogP contribution in [-0.2, 0) is 9.53 Å². The molecule has 3 atom stereocenters. The van der Waals surface area contributed by atoms with E-state index in [2.05, 4.69) is 6.92 Å². The molecule has 0 bridgehead atoms. The Labute approximate surface area is 104 Å². The van der Waals surface area contributed by atoms with E-state index < -0.39 is 0 Å². The van der Waals surface area contributed by atoms with Crippen molar-refractivity contribution in [3.8, 4) is 0 Å². The number of carbonyl (C=O) groups excluding carboxylic acids is 1. The lowest BCUT2D eigenvalue weighted by molar-refractivity contribution is -0.178. The zero-order valence-electron chi connectivity index (χ0n) is 10.9. The molecule has 3 aliphatic carbocycles. The fourth-order valence-corrected chi connectivity index (χ4v) is 4.10. The Morgan fingerprint density at radius 1 is 1.12 bits per heavy atom. The van der Waals surface area contributed by atoms with Gasteiger partial charge in [-0.2, -0.15) is 0 Å². The number of ketones is 1. The SMILES string of the molecule is CC1CCCCC1OC1CC(=O)C12CCCC2. The Balaban J connectivity index is 1.63. The van der Waals surface area contributed by atoms with Gasteiger partial charge in [-0.25, -0.2) is 0 Å². The van der Waals surface area contributed by atoms with E-state index in [1.165, 1.54) is 38.5 Å². The molecule has 3 rings (SSSR count). The van der Waals surface area contributed by atoms with Crippen LogP contribution < -0.4 is 0 Å². The summed E-state index contributed by atoms with van der Waals surface area (Å²) in [6, 6.07) is 0. The molecular weight excluding hydrogens is 212 g/mol. The van der Waals surface area contributed by atoms with E-state index in [1.54, 1.807) is 0 Å². The molecule has 0 radical (unpaired) electrons. The third kappa shape index (κ3) is 1.85. The van der Waals surface area contributed by atoms with Gasteiger partial charge in [0.05, 0.1) is 17.6 Å². The Bertz CT molecular complexity index is 304. The van der Waals surface area contributed by atoms with Crippen LogP contribution in [0.15, 0.2) is 0 Å². The Morgan fingerprint density at radius 3 is 2.47 bits per heavy atom. The van der Waals surface area contributed by atoms with Crippen molar-refractivity contribution in [1.29, 1.82) is 0 Å². The summed E-state index contributed by atoms with van der Waals surface area (Å²) >= 11 is 0. The number of Topliss-reactive ketones (excluding diaryl/α,β-unsaturated/α-hetero) is 1. The van der Waals surface area contributed by atoms with Crippen LogP contribution in [0.25, 0.3) is 0 Å². The van der Waals surface area contributed by atoms with E-state index in [9.17, 15) is 4.79 Å². The monoisotopic (exact) mass is 236 g/mol. The minimum absolute atomic E-state index is 0.0306. The highest BCUT2D eigenvalue weighted by Gasteiger charge is 2.57. The second kappa shape index (κ2) is 4.38. The van der Waals surface area contributed by atoms with E-state index in [4.69, 9.17) is 4.74 Å². The van der Waals surface area contributed by atoms with Crippen LogP contribution in [0.2, 0.25) is 0 Å². The third-order valence-electron chi connectivity index (χ3n) is 5.41. The third-order valence-corrected chi connectivity index (χ3v) is 5.41. The fourth-order valence-electron chi connectivity index (χ4n) is 4.10. The van der Waals surface area contributed by atoms with Gasteiger partial charge >= 0.3 is 0 Å². The van der Waals surface area contributed by atoms with Crippen LogP contribution >= 0.6 is 0 Å². The minimum atomic E-state index is -0.0306. The summed E-state index contributed by atoms with van der Waals surface area (Å²) in [4.78, 5) is 11.9. The first-order valence-corrected chi connectivity index (χ1v) is 7.41. The first-order valence-electron chi connectivity index (χ1n) is 7.41. The molecule has 0 saturated heterocycles. The van der Waals surface area contributed by atoms with Gasteiger partial charge in [-0.15, -0.1) is 0 Å². The Morgan fingerprint density at radius 2 is 1.82 bits per heavy atom. The Kier molecular flexibility index (Phi) is 3.02. The molecule has 0 aromatic rings. The number of carbonyl (C=O) groups is 1. The summed E-state index contributed by atoms with van der Waals surface area (Å²) in [5, 5.41) is 0. The van der Waals surface area contributed by atoms with Crippen LogP contribution in [0, 0.1) is 11.3 Å². The number of hydrogen-bond acceptors (Lipinski definition) is 2. The van der Waals surface area contributed by atoms with Crippen LogP contribution in [0.4, 0.5) is 0 Å². The van der Waals surface area contributed by atoms with E-state index in [1.807, 2.05) is 0 Å². The predicted octanol–water partition coefficient (Wildman–Crippen LogP) is 3.48. The van der Waals surface area contributed by atoms with Gasteiger partial charge in [0, 0.05) is 6.42 Å². The van der Waals surface area contributed by atoms with Gasteiger partial charge in [0.2, 0.25) is 0 Å². The van der Waals surface area contributed by atoms with Gasteiger partial charge in [-0.05, 0) is 31.6 Å². The average Bonchev–Trinajstić information content (AvgIpc) is 2.83. The van der Waals surface area contributed by atoms with Gasteiger partial charge in [-0.1, -0.05) is 32.6 Å². The molecule has 2 heteroatoms. The van der Waals surface area contributed by atoms with Crippen LogP contribution in [0.1, 0.15) is 64.7 Å². The summed E-state index contributed by atoms with van der Waals surface area (Å²) in [6.45, 7) is 2.31. The largest absolute Gasteiger partial charge is 0.373 e. The predicted molar refractivity (Wildman–Crippen MR) is 66.8 cm³/mol. The molecule has 1 spiro atoms. The molecule has 3 aliphatic rings. The van der Waals surface area contributed by atoms with E-state index >= 15 is 0 Å². The van der Waals surface area contributed by atoms with Crippen molar-refractivity contribution in [2.45, 2.75) is 76.9 Å². The normalized spacial score (nSPS) is 40.5.